The Morgan fingerprint density at radius 1 is 1.24 bits per heavy atom. The minimum Gasteiger partial charge on any atom is -0.330 e. The van der Waals surface area contributed by atoms with Crippen LogP contribution in [0.4, 0.5) is 4.39 Å². The van der Waals surface area contributed by atoms with Crippen LogP contribution in [0, 0.1) is 11.2 Å². The van der Waals surface area contributed by atoms with Gasteiger partial charge in [-0.05, 0) is 42.6 Å². The topological polar surface area (TPSA) is 60.2 Å². The van der Waals surface area contributed by atoms with Gasteiger partial charge >= 0.3 is 0 Å². The molecule has 0 fully saturated rings. The zero-order chi connectivity index (χ0) is 13.1. The zero-order valence-electron chi connectivity index (χ0n) is 10.1. The van der Waals surface area contributed by atoms with Gasteiger partial charge in [-0.1, -0.05) is 13.8 Å². The SMILES string of the molecule is CC(C)(CCN)CS(=O)(=O)c1ccc(F)cc1. The Morgan fingerprint density at radius 3 is 2.24 bits per heavy atom. The van der Waals surface area contributed by atoms with Crippen molar-refractivity contribution < 1.29 is 12.8 Å². The molecule has 0 radical (unpaired) electrons. The van der Waals surface area contributed by atoms with Gasteiger partial charge in [0.1, 0.15) is 5.82 Å². The smallest absolute Gasteiger partial charge is 0.178 e. The maximum atomic E-state index is 12.7. The van der Waals surface area contributed by atoms with Crippen molar-refractivity contribution in [3.8, 4) is 0 Å². The van der Waals surface area contributed by atoms with E-state index < -0.39 is 15.7 Å². The summed E-state index contributed by atoms with van der Waals surface area (Å²) in [5.74, 6) is -0.423. The zero-order valence-corrected chi connectivity index (χ0v) is 10.9. The van der Waals surface area contributed by atoms with Gasteiger partial charge in [0.15, 0.2) is 9.84 Å². The van der Waals surface area contributed by atoms with Crippen LogP contribution in [0.3, 0.4) is 0 Å². The molecule has 0 spiro atoms. The quantitative estimate of drug-likeness (QED) is 0.822. The van der Waals surface area contributed by atoms with Gasteiger partial charge in [-0.3, -0.25) is 0 Å². The standard InChI is InChI=1S/C12H18FNO2S/c1-12(2,7-8-14)9-17(15,16)11-5-3-10(13)4-6-11/h3-6H,7-9,14H2,1-2H3. The van der Waals surface area contributed by atoms with Gasteiger partial charge in [-0.2, -0.15) is 0 Å². The predicted octanol–water partition coefficient (Wildman–Crippen LogP) is 1.97. The number of hydrogen-bond donors (Lipinski definition) is 1. The monoisotopic (exact) mass is 259 g/mol. The van der Waals surface area contributed by atoms with Crippen LogP contribution < -0.4 is 5.73 Å². The molecule has 0 heterocycles. The molecular weight excluding hydrogens is 241 g/mol. The summed E-state index contributed by atoms with van der Waals surface area (Å²) in [5.41, 5.74) is 5.07. The Balaban J connectivity index is 2.93. The summed E-state index contributed by atoms with van der Waals surface area (Å²) < 4.78 is 36.9. The lowest BCUT2D eigenvalue weighted by Crippen LogP contribution is -2.26. The molecule has 1 rings (SSSR count). The predicted molar refractivity (Wildman–Crippen MR) is 65.9 cm³/mol. The molecule has 0 saturated carbocycles. The fraction of sp³-hybridized carbons (Fsp3) is 0.500. The third-order valence-corrected chi connectivity index (χ3v) is 4.73. The fourth-order valence-electron chi connectivity index (χ4n) is 1.70. The van der Waals surface area contributed by atoms with E-state index in [1.54, 1.807) is 0 Å². The Bertz CT molecular complexity index is 466. The largest absolute Gasteiger partial charge is 0.330 e. The first kappa shape index (κ1) is 14.1. The van der Waals surface area contributed by atoms with E-state index >= 15 is 0 Å². The first-order valence-electron chi connectivity index (χ1n) is 5.45. The van der Waals surface area contributed by atoms with Crippen LogP contribution in [0.25, 0.3) is 0 Å². The molecule has 0 bridgehead atoms. The van der Waals surface area contributed by atoms with Crippen LogP contribution >= 0.6 is 0 Å². The number of hydrogen-bond acceptors (Lipinski definition) is 3. The van der Waals surface area contributed by atoms with Crippen molar-refractivity contribution in [2.45, 2.75) is 25.2 Å². The lowest BCUT2D eigenvalue weighted by Gasteiger charge is -2.23. The van der Waals surface area contributed by atoms with Crippen LogP contribution in [0.2, 0.25) is 0 Å². The summed E-state index contributed by atoms with van der Waals surface area (Å²) in [5, 5.41) is 0. The van der Waals surface area contributed by atoms with Crippen molar-refractivity contribution in [3.05, 3.63) is 30.1 Å². The van der Waals surface area contributed by atoms with Crippen molar-refractivity contribution in [2.75, 3.05) is 12.3 Å². The molecule has 5 heteroatoms. The van der Waals surface area contributed by atoms with E-state index in [1.165, 1.54) is 12.1 Å². The highest BCUT2D eigenvalue weighted by molar-refractivity contribution is 7.91. The molecule has 0 atom stereocenters. The fourth-order valence-corrected chi connectivity index (χ4v) is 3.59. The Morgan fingerprint density at radius 2 is 1.76 bits per heavy atom. The molecule has 2 N–H and O–H groups in total. The van der Waals surface area contributed by atoms with Crippen LogP contribution in [0.5, 0.6) is 0 Å². The summed E-state index contributed by atoms with van der Waals surface area (Å²) >= 11 is 0. The molecule has 0 aliphatic heterocycles. The lowest BCUT2D eigenvalue weighted by molar-refractivity contribution is 0.384. The summed E-state index contributed by atoms with van der Waals surface area (Å²) in [6.07, 6.45) is 0.632. The molecule has 0 aromatic heterocycles. The second-order valence-corrected chi connectivity index (χ2v) is 6.91. The maximum absolute atomic E-state index is 12.7. The third-order valence-electron chi connectivity index (χ3n) is 2.57. The molecular formula is C12H18FNO2S. The molecule has 1 aromatic carbocycles. The Hall–Kier alpha value is -0.940. The average Bonchev–Trinajstić information content (AvgIpc) is 2.16. The third kappa shape index (κ3) is 4.09. The molecule has 1 aromatic rings. The van der Waals surface area contributed by atoms with Crippen molar-refractivity contribution >= 4 is 9.84 Å². The number of halogens is 1. The van der Waals surface area contributed by atoms with E-state index in [1.807, 2.05) is 13.8 Å². The summed E-state index contributed by atoms with van der Waals surface area (Å²) in [7, 11) is -3.38. The molecule has 0 aliphatic rings. The van der Waals surface area contributed by atoms with Crippen LogP contribution in [-0.4, -0.2) is 20.7 Å². The van der Waals surface area contributed by atoms with E-state index in [-0.39, 0.29) is 16.1 Å². The van der Waals surface area contributed by atoms with E-state index in [0.29, 0.717) is 13.0 Å². The number of sulfone groups is 1. The molecule has 3 nitrogen and oxygen atoms in total. The average molecular weight is 259 g/mol. The van der Waals surface area contributed by atoms with Gasteiger partial charge in [0.25, 0.3) is 0 Å². The number of rotatable bonds is 5. The highest BCUT2D eigenvalue weighted by Crippen LogP contribution is 2.25. The minimum absolute atomic E-state index is 0.0167. The highest BCUT2D eigenvalue weighted by atomic mass is 32.2. The van der Waals surface area contributed by atoms with E-state index in [0.717, 1.165) is 12.1 Å². The summed E-state index contributed by atoms with van der Waals surface area (Å²) in [6, 6.07) is 4.90. The van der Waals surface area contributed by atoms with Crippen molar-refractivity contribution in [1.82, 2.24) is 0 Å². The molecule has 96 valence electrons. The summed E-state index contributed by atoms with van der Waals surface area (Å²) in [4.78, 5) is 0.156. The first-order chi connectivity index (χ1) is 7.77. The number of benzene rings is 1. The van der Waals surface area contributed by atoms with Gasteiger partial charge in [-0.25, -0.2) is 12.8 Å². The first-order valence-corrected chi connectivity index (χ1v) is 7.10. The minimum atomic E-state index is -3.38. The van der Waals surface area contributed by atoms with Crippen LogP contribution in [-0.2, 0) is 9.84 Å². The van der Waals surface area contributed by atoms with Crippen molar-refractivity contribution in [2.24, 2.45) is 11.1 Å². The van der Waals surface area contributed by atoms with E-state index in [9.17, 15) is 12.8 Å². The molecule has 0 amide bonds. The molecule has 0 aliphatic carbocycles. The molecule has 17 heavy (non-hydrogen) atoms. The van der Waals surface area contributed by atoms with Crippen molar-refractivity contribution in [3.63, 3.8) is 0 Å². The summed E-state index contributed by atoms with van der Waals surface area (Å²) in [6.45, 7) is 4.17. The van der Waals surface area contributed by atoms with Crippen LogP contribution in [0.1, 0.15) is 20.3 Å². The normalized spacial score (nSPS) is 12.7. The van der Waals surface area contributed by atoms with E-state index in [2.05, 4.69) is 0 Å². The van der Waals surface area contributed by atoms with Gasteiger partial charge in [0.2, 0.25) is 0 Å². The van der Waals surface area contributed by atoms with Crippen LogP contribution in [0.15, 0.2) is 29.2 Å². The van der Waals surface area contributed by atoms with Crippen molar-refractivity contribution in [1.29, 1.82) is 0 Å². The second kappa shape index (κ2) is 5.14. The molecule has 0 saturated heterocycles. The number of nitrogens with two attached hydrogens (primary N) is 1. The maximum Gasteiger partial charge on any atom is 0.178 e. The highest BCUT2D eigenvalue weighted by Gasteiger charge is 2.26. The van der Waals surface area contributed by atoms with Gasteiger partial charge in [0, 0.05) is 0 Å². The van der Waals surface area contributed by atoms with Gasteiger partial charge in [0.05, 0.1) is 10.6 Å². The Kier molecular flexibility index (Phi) is 4.27. The second-order valence-electron chi connectivity index (χ2n) is 4.92. The van der Waals surface area contributed by atoms with E-state index in [4.69, 9.17) is 5.73 Å². The Labute approximate surface area is 102 Å². The van der Waals surface area contributed by atoms with Gasteiger partial charge < -0.3 is 5.73 Å². The molecule has 0 unspecified atom stereocenters. The lowest BCUT2D eigenvalue weighted by atomic mass is 9.92. The van der Waals surface area contributed by atoms with Gasteiger partial charge in [-0.15, -0.1) is 0 Å².